The molecule has 0 fully saturated rings. The van der Waals surface area contributed by atoms with Gasteiger partial charge >= 0.3 is 6.09 Å². The van der Waals surface area contributed by atoms with Crippen LogP contribution in [0.2, 0.25) is 0 Å². The van der Waals surface area contributed by atoms with E-state index in [1.807, 2.05) is 0 Å². The van der Waals surface area contributed by atoms with Crippen molar-refractivity contribution in [3.05, 3.63) is 24.2 Å². The number of carbonyl (C=O) groups is 2. The highest BCUT2D eigenvalue weighted by Gasteiger charge is 2.39. The van der Waals surface area contributed by atoms with Gasteiger partial charge in [0.15, 0.2) is 0 Å². The monoisotopic (exact) mass is 307 g/mol. The van der Waals surface area contributed by atoms with E-state index < -0.39 is 17.2 Å². The Bertz CT molecular complexity index is 601. The predicted molar refractivity (Wildman–Crippen MR) is 80.3 cm³/mol. The summed E-state index contributed by atoms with van der Waals surface area (Å²) < 4.78 is 10.6. The lowest BCUT2D eigenvalue weighted by atomic mass is 9.93. The highest BCUT2D eigenvalue weighted by molar-refractivity contribution is 6.04. The van der Waals surface area contributed by atoms with E-state index in [1.165, 1.54) is 11.2 Å². The molecule has 1 aliphatic heterocycles. The third-order valence-electron chi connectivity index (χ3n) is 3.20. The molecule has 22 heavy (non-hydrogen) atoms. The molecule has 2 rings (SSSR count). The molecular formula is C15H21N3O4. The molecule has 0 radical (unpaired) electrons. The minimum Gasteiger partial charge on any atom is -0.467 e. The number of hydrogen-bond acceptors (Lipinski definition) is 5. The van der Waals surface area contributed by atoms with Crippen LogP contribution >= 0.6 is 0 Å². The van der Waals surface area contributed by atoms with E-state index in [2.05, 4.69) is 10.3 Å². The Morgan fingerprint density at radius 2 is 2.18 bits per heavy atom. The fourth-order valence-electron chi connectivity index (χ4n) is 2.11. The summed E-state index contributed by atoms with van der Waals surface area (Å²) in [5, 5.41) is 2.52. The second kappa shape index (κ2) is 5.47. The first-order chi connectivity index (χ1) is 10.1. The zero-order valence-corrected chi connectivity index (χ0v) is 13.5. The Labute approximate surface area is 129 Å². The summed E-state index contributed by atoms with van der Waals surface area (Å²) in [6.07, 6.45) is 1.03. The average molecular weight is 307 g/mol. The molecule has 1 N–H and O–H groups in total. The summed E-state index contributed by atoms with van der Waals surface area (Å²) in [5.41, 5.74) is -1.48. The fraction of sp³-hybridized carbons (Fsp3) is 0.533. The SMILES string of the molecule is CN1C(=O)C[C@@](C)(c2ccco2)N=C1NC(=O)OC(C)(C)C. The molecular weight excluding hydrogens is 286 g/mol. The minimum absolute atomic E-state index is 0.143. The van der Waals surface area contributed by atoms with Gasteiger partial charge in [-0.15, -0.1) is 0 Å². The van der Waals surface area contributed by atoms with Crippen LogP contribution < -0.4 is 5.32 Å². The van der Waals surface area contributed by atoms with Gasteiger partial charge in [0.25, 0.3) is 0 Å². The van der Waals surface area contributed by atoms with Gasteiger partial charge in [-0.1, -0.05) is 0 Å². The van der Waals surface area contributed by atoms with Crippen molar-refractivity contribution in [2.24, 2.45) is 4.99 Å². The summed E-state index contributed by atoms with van der Waals surface area (Å²) in [4.78, 5) is 29.9. The number of amides is 2. The van der Waals surface area contributed by atoms with Crippen LogP contribution in [-0.2, 0) is 15.1 Å². The summed E-state index contributed by atoms with van der Waals surface area (Å²) in [6.45, 7) is 7.07. The van der Waals surface area contributed by atoms with Crippen LogP contribution in [0.15, 0.2) is 27.8 Å². The van der Waals surface area contributed by atoms with Crippen molar-refractivity contribution < 1.29 is 18.7 Å². The largest absolute Gasteiger partial charge is 0.467 e. The maximum absolute atomic E-state index is 12.2. The third-order valence-corrected chi connectivity index (χ3v) is 3.20. The van der Waals surface area contributed by atoms with Crippen molar-refractivity contribution in [3.8, 4) is 0 Å². The van der Waals surface area contributed by atoms with Crippen molar-refractivity contribution in [2.75, 3.05) is 7.05 Å². The second-order valence-corrected chi connectivity index (χ2v) is 6.44. The first kappa shape index (κ1) is 16.1. The summed E-state index contributed by atoms with van der Waals surface area (Å²) >= 11 is 0. The quantitative estimate of drug-likeness (QED) is 0.862. The molecule has 0 spiro atoms. The highest BCUT2D eigenvalue weighted by atomic mass is 16.6. The van der Waals surface area contributed by atoms with E-state index in [1.54, 1.807) is 46.9 Å². The molecule has 7 nitrogen and oxygen atoms in total. The zero-order valence-electron chi connectivity index (χ0n) is 13.5. The maximum Gasteiger partial charge on any atom is 0.414 e. The van der Waals surface area contributed by atoms with Gasteiger partial charge in [-0.3, -0.25) is 15.0 Å². The number of alkyl carbamates (subject to hydrolysis) is 1. The molecule has 7 heteroatoms. The zero-order chi connectivity index (χ0) is 16.5. The lowest BCUT2D eigenvalue weighted by molar-refractivity contribution is -0.128. The normalized spacial score (nSPS) is 22.3. The molecule has 2 heterocycles. The van der Waals surface area contributed by atoms with E-state index in [4.69, 9.17) is 9.15 Å². The van der Waals surface area contributed by atoms with Crippen LogP contribution in [0.4, 0.5) is 4.79 Å². The van der Waals surface area contributed by atoms with Gasteiger partial charge in [0.05, 0.1) is 12.7 Å². The van der Waals surface area contributed by atoms with Gasteiger partial charge in [-0.2, -0.15) is 0 Å². The molecule has 0 aliphatic carbocycles. The Hall–Kier alpha value is -2.31. The van der Waals surface area contributed by atoms with Crippen LogP contribution in [0.3, 0.4) is 0 Å². The van der Waals surface area contributed by atoms with Gasteiger partial charge in [0.1, 0.15) is 16.9 Å². The Balaban J connectivity index is 2.26. The van der Waals surface area contributed by atoms with E-state index >= 15 is 0 Å². The van der Waals surface area contributed by atoms with E-state index in [-0.39, 0.29) is 18.3 Å². The molecule has 2 amide bonds. The van der Waals surface area contributed by atoms with Gasteiger partial charge in [0, 0.05) is 7.05 Å². The van der Waals surface area contributed by atoms with Crippen molar-refractivity contribution >= 4 is 18.0 Å². The number of ether oxygens (including phenoxy) is 1. The van der Waals surface area contributed by atoms with Crippen LogP contribution in [0, 0.1) is 0 Å². The molecule has 1 aromatic rings. The van der Waals surface area contributed by atoms with Crippen LogP contribution in [0.1, 0.15) is 39.9 Å². The summed E-state index contributed by atoms with van der Waals surface area (Å²) in [7, 11) is 1.56. The topological polar surface area (TPSA) is 84.1 Å². The third kappa shape index (κ3) is 3.47. The number of rotatable bonds is 1. The van der Waals surface area contributed by atoms with E-state index in [9.17, 15) is 9.59 Å². The highest BCUT2D eigenvalue weighted by Crippen LogP contribution is 2.33. The number of nitrogens with one attached hydrogen (secondary N) is 1. The Morgan fingerprint density at radius 1 is 1.50 bits per heavy atom. The molecule has 120 valence electrons. The van der Waals surface area contributed by atoms with Crippen molar-refractivity contribution in [1.82, 2.24) is 10.2 Å². The number of carbonyl (C=O) groups excluding carboxylic acids is 2. The van der Waals surface area contributed by atoms with Crippen LogP contribution in [0.5, 0.6) is 0 Å². The molecule has 0 saturated heterocycles. The molecule has 1 aliphatic rings. The number of nitrogens with zero attached hydrogens (tertiary/aromatic N) is 2. The van der Waals surface area contributed by atoms with Crippen molar-refractivity contribution in [2.45, 2.75) is 45.3 Å². The molecule has 1 aromatic heterocycles. The number of aliphatic imine (C=N–C) groups is 1. The molecule has 0 bridgehead atoms. The van der Waals surface area contributed by atoms with E-state index in [0.717, 1.165) is 0 Å². The summed E-state index contributed by atoms with van der Waals surface area (Å²) in [6, 6.07) is 3.49. The molecule has 0 saturated carbocycles. The second-order valence-electron chi connectivity index (χ2n) is 6.44. The molecule has 0 aromatic carbocycles. The van der Waals surface area contributed by atoms with Gasteiger partial charge < -0.3 is 9.15 Å². The first-order valence-electron chi connectivity index (χ1n) is 7.01. The van der Waals surface area contributed by atoms with Crippen LogP contribution in [-0.4, -0.2) is 35.5 Å². The predicted octanol–water partition coefficient (Wildman–Crippen LogP) is 2.24. The maximum atomic E-state index is 12.2. The van der Waals surface area contributed by atoms with Crippen molar-refractivity contribution in [1.29, 1.82) is 0 Å². The fourth-order valence-corrected chi connectivity index (χ4v) is 2.11. The first-order valence-corrected chi connectivity index (χ1v) is 7.01. The lowest BCUT2D eigenvalue weighted by Gasteiger charge is -2.33. The lowest BCUT2D eigenvalue weighted by Crippen LogP contribution is -2.52. The van der Waals surface area contributed by atoms with Gasteiger partial charge in [0.2, 0.25) is 11.9 Å². The Kier molecular flexibility index (Phi) is 4.00. The number of furan rings is 1. The minimum atomic E-state index is -0.850. The van der Waals surface area contributed by atoms with Gasteiger partial charge in [-0.05, 0) is 39.8 Å². The number of guanidine groups is 1. The standard InChI is InChI=1S/C15H21N3O4/c1-14(2,3)22-13(20)16-12-17-15(4,9-11(19)18(12)5)10-7-6-8-21-10/h6-8H,9H2,1-5H3,(H,16,17,20)/t15-/m0/s1. The summed E-state index contributed by atoms with van der Waals surface area (Å²) in [5.74, 6) is 0.543. The number of hydrogen-bond donors (Lipinski definition) is 1. The van der Waals surface area contributed by atoms with Crippen molar-refractivity contribution in [3.63, 3.8) is 0 Å². The Morgan fingerprint density at radius 3 is 2.73 bits per heavy atom. The van der Waals surface area contributed by atoms with Gasteiger partial charge in [-0.25, -0.2) is 9.79 Å². The molecule has 1 atom stereocenters. The van der Waals surface area contributed by atoms with E-state index in [0.29, 0.717) is 5.76 Å². The van der Waals surface area contributed by atoms with Crippen LogP contribution in [0.25, 0.3) is 0 Å². The molecule has 0 unspecified atom stereocenters. The average Bonchev–Trinajstić information content (AvgIpc) is 2.87. The smallest absolute Gasteiger partial charge is 0.414 e.